The van der Waals surface area contributed by atoms with Gasteiger partial charge in [0, 0.05) is 52.6 Å². The number of primary amides is 1. The summed E-state index contributed by atoms with van der Waals surface area (Å²) in [5, 5.41) is 2.15. The van der Waals surface area contributed by atoms with Crippen molar-refractivity contribution >= 4 is 34.6 Å². The van der Waals surface area contributed by atoms with Gasteiger partial charge < -0.3 is 34.3 Å². The van der Waals surface area contributed by atoms with Crippen LogP contribution in [0.1, 0.15) is 74.3 Å². The van der Waals surface area contributed by atoms with E-state index in [4.69, 9.17) is 29.4 Å². The van der Waals surface area contributed by atoms with Crippen LogP contribution in [0.2, 0.25) is 0 Å². The first kappa shape index (κ1) is 38.6. The number of esters is 1. The van der Waals surface area contributed by atoms with E-state index in [9.17, 15) is 9.59 Å². The van der Waals surface area contributed by atoms with Crippen molar-refractivity contribution in [2.24, 2.45) is 5.73 Å². The van der Waals surface area contributed by atoms with E-state index in [1.54, 1.807) is 14.0 Å². The number of carbonyl (C=O) groups excluding carboxylic acids is 2. The monoisotopic (exact) mass is 778 g/mol. The van der Waals surface area contributed by atoms with Crippen molar-refractivity contribution in [1.29, 1.82) is 0 Å². The molecule has 1 amide bonds. The summed E-state index contributed by atoms with van der Waals surface area (Å²) >= 11 is 0. The van der Waals surface area contributed by atoms with Gasteiger partial charge in [-0.3, -0.25) is 0 Å². The molecule has 58 heavy (non-hydrogen) atoms. The van der Waals surface area contributed by atoms with Gasteiger partial charge >= 0.3 is 12.1 Å². The molecule has 0 saturated carbocycles. The van der Waals surface area contributed by atoms with Crippen LogP contribution in [0, 0.1) is 0 Å². The summed E-state index contributed by atoms with van der Waals surface area (Å²) < 4.78 is 30.3. The van der Waals surface area contributed by atoms with Gasteiger partial charge in [0.25, 0.3) is 0 Å². The number of nitrogens with zero attached hydrogens (tertiary/aromatic N) is 1. The predicted molar refractivity (Wildman–Crippen MR) is 228 cm³/mol. The number of fused-ring (bicyclic) bond motifs is 8. The summed E-state index contributed by atoms with van der Waals surface area (Å²) in [5.41, 5.74) is 13.5. The summed E-state index contributed by atoms with van der Waals surface area (Å²) in [6.45, 7) is 11.8. The minimum atomic E-state index is -0.993. The molecule has 2 atom stereocenters. The minimum absolute atomic E-state index is 0.0110. The highest BCUT2D eigenvalue weighted by molar-refractivity contribution is 6.10. The van der Waals surface area contributed by atoms with Gasteiger partial charge in [-0.15, -0.1) is 0 Å². The molecule has 0 spiro atoms. The Balaban J connectivity index is 1.21. The lowest BCUT2D eigenvalue weighted by molar-refractivity contribution is -0.139. The molecule has 0 aromatic heterocycles. The topological polar surface area (TPSA) is 110 Å². The minimum Gasteiger partial charge on any atom is -0.495 e. The first-order valence-electron chi connectivity index (χ1n) is 20.0. The van der Waals surface area contributed by atoms with Crippen molar-refractivity contribution < 1.29 is 33.3 Å². The number of amides is 1. The lowest BCUT2D eigenvalue weighted by Crippen LogP contribution is -2.35. The standard InChI is InChI=1S/C49H50N2O7/c1-31(2)46(52)55-27-23-35(57-47(50)53)30-56-34-20-18-33(19-21-34)49(32-14-8-6-9-15-32)24-22-37-44-43(36-16-10-11-17-40(36)48(44,3)4)38-28-41(51-25-12-7-13-26-51)42(54-5)29-39(38)45(37)58-49/h6,8-11,14-22,24,28-29,35H,1,7,12-13,23,25-27,30H2,2-5H3,(H2,50,53). The van der Waals surface area contributed by atoms with Crippen LogP contribution in [-0.2, 0) is 25.3 Å². The summed E-state index contributed by atoms with van der Waals surface area (Å²) in [7, 11) is 1.76. The molecular formula is C49H50N2O7. The molecular weight excluding hydrogens is 729 g/mol. The third kappa shape index (κ3) is 6.93. The fourth-order valence-corrected chi connectivity index (χ4v) is 8.91. The summed E-state index contributed by atoms with van der Waals surface area (Å²) in [4.78, 5) is 26.0. The van der Waals surface area contributed by atoms with Gasteiger partial charge in [0.15, 0.2) is 5.60 Å². The number of anilines is 1. The SMILES string of the molecule is C=C(C)C(=O)OCCC(COc1ccc(C2(c3ccccc3)C=Cc3c4c(c5cc(N6CCCCC6)c(OC)cc5c3O2)-c2ccccc2C4(C)C)cc1)OC(N)=O. The molecule has 2 aliphatic heterocycles. The zero-order chi connectivity index (χ0) is 40.6. The van der Waals surface area contributed by atoms with E-state index in [1.807, 2.05) is 42.5 Å². The summed E-state index contributed by atoms with van der Waals surface area (Å²) in [6, 6.07) is 31.3. The Bertz CT molecular complexity index is 2410. The number of rotatable bonds is 12. The second kappa shape index (κ2) is 15.6. The quantitative estimate of drug-likeness (QED) is 0.0985. The van der Waals surface area contributed by atoms with Crippen molar-refractivity contribution in [2.45, 2.75) is 63.6 Å². The van der Waals surface area contributed by atoms with Gasteiger partial charge in [0.1, 0.15) is 30.0 Å². The normalized spacial score (nSPS) is 18.0. The van der Waals surface area contributed by atoms with Gasteiger partial charge in [-0.25, -0.2) is 9.59 Å². The van der Waals surface area contributed by atoms with E-state index in [0.717, 1.165) is 70.6 Å². The molecule has 0 radical (unpaired) electrons. The fraction of sp³-hybridized carbons (Fsp3) is 0.306. The zero-order valence-electron chi connectivity index (χ0n) is 33.6. The molecule has 1 aliphatic carbocycles. The number of piperidine rings is 1. The van der Waals surface area contributed by atoms with Crippen LogP contribution in [0.4, 0.5) is 10.5 Å². The molecule has 2 heterocycles. The van der Waals surface area contributed by atoms with E-state index in [2.05, 4.69) is 86.0 Å². The molecule has 1 saturated heterocycles. The Morgan fingerprint density at radius 1 is 0.914 bits per heavy atom. The lowest BCUT2D eigenvalue weighted by Gasteiger charge is -2.39. The first-order valence-corrected chi connectivity index (χ1v) is 20.0. The number of hydrogen-bond acceptors (Lipinski definition) is 8. The molecule has 2 N–H and O–H groups in total. The van der Waals surface area contributed by atoms with Gasteiger partial charge in [-0.2, -0.15) is 0 Å². The van der Waals surface area contributed by atoms with Gasteiger partial charge in [-0.05, 0) is 84.2 Å². The maximum absolute atomic E-state index is 11.9. The Morgan fingerprint density at radius 3 is 2.33 bits per heavy atom. The molecule has 1 fully saturated rings. The number of methoxy groups -OCH3 is 1. The van der Waals surface area contributed by atoms with E-state index in [0.29, 0.717) is 5.75 Å². The van der Waals surface area contributed by atoms with Crippen molar-refractivity contribution in [3.63, 3.8) is 0 Å². The van der Waals surface area contributed by atoms with Crippen LogP contribution in [0.3, 0.4) is 0 Å². The van der Waals surface area contributed by atoms with Gasteiger partial charge in [0.05, 0.1) is 19.4 Å². The predicted octanol–water partition coefficient (Wildman–Crippen LogP) is 9.85. The zero-order valence-corrected chi connectivity index (χ0v) is 33.6. The molecule has 9 nitrogen and oxygen atoms in total. The molecule has 3 aliphatic rings. The molecule has 8 rings (SSSR count). The third-order valence-electron chi connectivity index (χ3n) is 11.8. The Hall–Kier alpha value is -6.22. The van der Waals surface area contributed by atoms with E-state index < -0.39 is 23.8 Å². The van der Waals surface area contributed by atoms with Crippen LogP contribution in [0.25, 0.3) is 28.0 Å². The fourth-order valence-electron chi connectivity index (χ4n) is 8.91. The van der Waals surface area contributed by atoms with E-state index >= 15 is 0 Å². The van der Waals surface area contributed by atoms with Crippen LogP contribution in [0.5, 0.6) is 17.2 Å². The largest absolute Gasteiger partial charge is 0.495 e. The molecule has 9 heteroatoms. The second-order valence-corrected chi connectivity index (χ2v) is 15.9. The molecule has 2 unspecified atom stereocenters. The van der Waals surface area contributed by atoms with Crippen molar-refractivity contribution in [1.82, 2.24) is 0 Å². The number of nitrogens with two attached hydrogens (primary N) is 1. The lowest BCUT2D eigenvalue weighted by atomic mass is 9.76. The highest BCUT2D eigenvalue weighted by Crippen LogP contribution is 2.59. The number of hydrogen-bond donors (Lipinski definition) is 1. The second-order valence-electron chi connectivity index (χ2n) is 15.9. The molecule has 0 bridgehead atoms. The number of carbonyl (C=O) groups is 2. The Morgan fingerprint density at radius 2 is 1.62 bits per heavy atom. The maximum Gasteiger partial charge on any atom is 0.404 e. The summed E-state index contributed by atoms with van der Waals surface area (Å²) in [5.74, 6) is 1.68. The highest BCUT2D eigenvalue weighted by Gasteiger charge is 2.44. The van der Waals surface area contributed by atoms with E-state index in [1.165, 1.54) is 28.7 Å². The van der Waals surface area contributed by atoms with E-state index in [-0.39, 0.29) is 30.6 Å². The van der Waals surface area contributed by atoms with Crippen molar-refractivity contribution in [2.75, 3.05) is 38.3 Å². The van der Waals surface area contributed by atoms with Crippen LogP contribution in [0.15, 0.2) is 109 Å². The maximum atomic E-state index is 11.9. The Labute approximate surface area is 340 Å². The van der Waals surface area contributed by atoms with Gasteiger partial charge in [0.2, 0.25) is 0 Å². The molecule has 5 aromatic rings. The molecule has 5 aromatic carbocycles. The van der Waals surface area contributed by atoms with Crippen LogP contribution in [-0.4, -0.2) is 51.6 Å². The van der Waals surface area contributed by atoms with Crippen LogP contribution < -0.4 is 24.8 Å². The van der Waals surface area contributed by atoms with Crippen molar-refractivity contribution in [3.05, 3.63) is 137 Å². The third-order valence-corrected chi connectivity index (χ3v) is 11.8. The average Bonchev–Trinajstić information content (AvgIpc) is 3.49. The summed E-state index contributed by atoms with van der Waals surface area (Å²) in [6.07, 6.45) is 6.52. The Kier molecular flexibility index (Phi) is 10.4. The average molecular weight is 779 g/mol. The smallest absolute Gasteiger partial charge is 0.404 e. The first-order chi connectivity index (χ1) is 28.0. The number of ether oxygens (including phenoxy) is 5. The van der Waals surface area contributed by atoms with Gasteiger partial charge in [-0.1, -0.05) is 93.2 Å². The van der Waals surface area contributed by atoms with Crippen LogP contribution >= 0.6 is 0 Å². The highest BCUT2D eigenvalue weighted by atomic mass is 16.6. The molecule has 298 valence electrons. The van der Waals surface area contributed by atoms with Crippen molar-refractivity contribution in [3.8, 4) is 28.4 Å². The number of benzene rings is 5.